The highest BCUT2D eigenvalue weighted by atomic mass is 79.9. The van der Waals surface area contributed by atoms with Crippen molar-refractivity contribution in [2.75, 3.05) is 0 Å². The van der Waals surface area contributed by atoms with Gasteiger partial charge in [-0.05, 0) is 35.8 Å². The summed E-state index contributed by atoms with van der Waals surface area (Å²) in [5.41, 5.74) is 0. The third-order valence-corrected chi connectivity index (χ3v) is 4.81. The number of aromatic nitrogens is 2. The summed E-state index contributed by atoms with van der Waals surface area (Å²) in [7, 11) is -3.83. The van der Waals surface area contributed by atoms with Crippen molar-refractivity contribution in [1.82, 2.24) is 14.7 Å². The van der Waals surface area contributed by atoms with Crippen molar-refractivity contribution in [2.45, 2.75) is 24.8 Å². The van der Waals surface area contributed by atoms with Crippen LogP contribution >= 0.6 is 27.5 Å². The van der Waals surface area contributed by atoms with Crippen LogP contribution in [0.25, 0.3) is 0 Å². The van der Waals surface area contributed by atoms with E-state index in [4.69, 9.17) is 16.0 Å². The quantitative estimate of drug-likeness (QED) is 0.824. The predicted molar refractivity (Wildman–Crippen MR) is 76.9 cm³/mol. The van der Waals surface area contributed by atoms with Gasteiger partial charge < -0.3 is 4.42 Å². The van der Waals surface area contributed by atoms with Crippen LogP contribution in [0.4, 0.5) is 0 Å². The first kappa shape index (κ1) is 15.4. The summed E-state index contributed by atoms with van der Waals surface area (Å²) >= 11 is 8.98. The largest absolute Gasteiger partial charge is 0.444 e. The minimum Gasteiger partial charge on any atom is -0.444 e. The lowest BCUT2D eigenvalue weighted by atomic mass is 10.4. The molecule has 2 heterocycles. The summed E-state index contributed by atoms with van der Waals surface area (Å²) in [6.45, 7) is 3.36. The standard InChI is InChI=1S/C11H11BrClN3O3S/c1-6-4-15-11(19-6)7(2)16-20(17,18)9-3-8(12)5-14-10(9)13/h3-5,7,16H,1-2H3. The number of aryl methyl sites for hydroxylation is 1. The van der Waals surface area contributed by atoms with Crippen LogP contribution in [0.2, 0.25) is 5.15 Å². The van der Waals surface area contributed by atoms with Gasteiger partial charge in [0, 0.05) is 10.7 Å². The molecule has 0 aromatic carbocycles. The Hall–Kier alpha value is -0.960. The second-order valence-corrected chi connectivity index (χ2v) is 7.05. The van der Waals surface area contributed by atoms with Gasteiger partial charge in [0.05, 0.1) is 12.2 Å². The third kappa shape index (κ3) is 3.38. The van der Waals surface area contributed by atoms with Crippen molar-refractivity contribution in [3.63, 3.8) is 0 Å². The molecule has 0 bridgehead atoms. The third-order valence-electron chi connectivity index (χ3n) is 2.40. The molecule has 0 saturated carbocycles. The monoisotopic (exact) mass is 379 g/mol. The predicted octanol–water partition coefficient (Wildman–Crippen LogP) is 2.83. The van der Waals surface area contributed by atoms with Crippen molar-refractivity contribution >= 4 is 37.6 Å². The van der Waals surface area contributed by atoms with Crippen molar-refractivity contribution in [3.8, 4) is 0 Å². The fourth-order valence-electron chi connectivity index (χ4n) is 1.51. The number of nitrogens with one attached hydrogen (secondary N) is 1. The normalized spacial score (nSPS) is 13.4. The minimum atomic E-state index is -3.83. The molecule has 1 N–H and O–H groups in total. The Morgan fingerprint density at radius 1 is 1.40 bits per heavy atom. The molecule has 6 nitrogen and oxygen atoms in total. The Labute approximate surface area is 129 Å². The Bertz CT molecular complexity index is 732. The second-order valence-electron chi connectivity index (χ2n) is 4.09. The zero-order valence-corrected chi connectivity index (χ0v) is 13.8. The average molecular weight is 381 g/mol. The second kappa shape index (κ2) is 5.80. The van der Waals surface area contributed by atoms with Crippen LogP contribution in [0.15, 0.2) is 32.2 Å². The highest BCUT2D eigenvalue weighted by molar-refractivity contribution is 9.10. The van der Waals surface area contributed by atoms with Gasteiger partial charge in [0.25, 0.3) is 0 Å². The fraction of sp³-hybridized carbons (Fsp3) is 0.273. The lowest BCUT2D eigenvalue weighted by Crippen LogP contribution is -2.27. The van der Waals surface area contributed by atoms with E-state index < -0.39 is 16.1 Å². The summed E-state index contributed by atoms with van der Waals surface area (Å²) in [6.07, 6.45) is 2.94. The van der Waals surface area contributed by atoms with E-state index in [9.17, 15) is 8.42 Å². The summed E-state index contributed by atoms with van der Waals surface area (Å²) in [6, 6.07) is 0.759. The minimum absolute atomic E-state index is 0.100. The van der Waals surface area contributed by atoms with Crippen LogP contribution in [0, 0.1) is 6.92 Å². The molecule has 108 valence electrons. The number of halogens is 2. The van der Waals surface area contributed by atoms with Crippen LogP contribution in [0.1, 0.15) is 24.6 Å². The van der Waals surface area contributed by atoms with Crippen molar-refractivity contribution in [3.05, 3.63) is 39.7 Å². The summed E-state index contributed by atoms with van der Waals surface area (Å²) in [5, 5.41) is -0.100. The molecule has 1 atom stereocenters. The highest BCUT2D eigenvalue weighted by Crippen LogP contribution is 2.24. The number of pyridine rings is 1. The van der Waals surface area contributed by atoms with Crippen molar-refractivity contribution < 1.29 is 12.8 Å². The molecule has 1 unspecified atom stereocenters. The van der Waals surface area contributed by atoms with E-state index in [1.807, 2.05) is 0 Å². The number of hydrogen-bond acceptors (Lipinski definition) is 5. The molecule has 2 aromatic heterocycles. The van der Waals surface area contributed by atoms with Crippen LogP contribution in [0.3, 0.4) is 0 Å². The molecule has 9 heteroatoms. The molecule has 0 aliphatic carbocycles. The molecular weight excluding hydrogens is 370 g/mol. The van der Waals surface area contributed by atoms with E-state index in [0.717, 1.165) is 0 Å². The summed E-state index contributed by atoms with van der Waals surface area (Å²) in [5.74, 6) is 0.887. The average Bonchev–Trinajstić information content (AvgIpc) is 2.78. The van der Waals surface area contributed by atoms with Crippen LogP contribution in [0.5, 0.6) is 0 Å². The lowest BCUT2D eigenvalue weighted by molar-refractivity contribution is 0.427. The van der Waals surface area contributed by atoms with Crippen LogP contribution < -0.4 is 4.72 Å². The molecular formula is C11H11BrClN3O3S. The van der Waals surface area contributed by atoms with E-state index in [2.05, 4.69) is 30.6 Å². The van der Waals surface area contributed by atoms with E-state index >= 15 is 0 Å². The summed E-state index contributed by atoms with van der Waals surface area (Å²) in [4.78, 5) is 7.66. The van der Waals surface area contributed by atoms with E-state index in [0.29, 0.717) is 10.2 Å². The lowest BCUT2D eigenvalue weighted by Gasteiger charge is -2.12. The molecule has 0 spiro atoms. The number of hydrogen-bond donors (Lipinski definition) is 1. The molecule has 0 aliphatic heterocycles. The van der Waals surface area contributed by atoms with Gasteiger partial charge in [-0.2, -0.15) is 4.72 Å². The smallest absolute Gasteiger partial charge is 0.244 e. The van der Waals surface area contributed by atoms with Gasteiger partial charge >= 0.3 is 0 Å². The number of sulfonamides is 1. The molecule has 0 amide bonds. The zero-order valence-electron chi connectivity index (χ0n) is 10.6. The van der Waals surface area contributed by atoms with Crippen LogP contribution in [-0.2, 0) is 10.0 Å². The maximum absolute atomic E-state index is 12.3. The van der Waals surface area contributed by atoms with Gasteiger partial charge in [0.2, 0.25) is 15.9 Å². The van der Waals surface area contributed by atoms with E-state index in [1.165, 1.54) is 18.5 Å². The van der Waals surface area contributed by atoms with Gasteiger partial charge in [0.15, 0.2) is 0 Å². The van der Waals surface area contributed by atoms with Gasteiger partial charge in [-0.25, -0.2) is 18.4 Å². The van der Waals surface area contributed by atoms with Crippen molar-refractivity contribution in [1.29, 1.82) is 0 Å². The van der Waals surface area contributed by atoms with Crippen LogP contribution in [-0.4, -0.2) is 18.4 Å². The van der Waals surface area contributed by atoms with Crippen molar-refractivity contribution in [2.24, 2.45) is 0 Å². The maximum Gasteiger partial charge on any atom is 0.244 e. The van der Waals surface area contributed by atoms with E-state index in [-0.39, 0.29) is 15.9 Å². The molecule has 0 saturated heterocycles. The highest BCUT2D eigenvalue weighted by Gasteiger charge is 2.24. The maximum atomic E-state index is 12.3. The fourth-order valence-corrected chi connectivity index (χ4v) is 3.65. The van der Waals surface area contributed by atoms with Gasteiger partial charge in [-0.1, -0.05) is 11.6 Å². The first-order chi connectivity index (χ1) is 9.29. The number of oxazole rings is 1. The molecule has 2 aromatic rings. The Kier molecular flexibility index (Phi) is 4.48. The summed E-state index contributed by atoms with van der Waals surface area (Å²) < 4.78 is 32.8. The van der Waals surface area contributed by atoms with Gasteiger partial charge in [0.1, 0.15) is 15.8 Å². The van der Waals surface area contributed by atoms with Gasteiger partial charge in [-0.3, -0.25) is 0 Å². The van der Waals surface area contributed by atoms with Gasteiger partial charge in [-0.15, -0.1) is 0 Å². The Balaban J connectivity index is 2.29. The molecule has 0 fully saturated rings. The first-order valence-corrected chi connectivity index (χ1v) is 8.20. The Morgan fingerprint density at radius 3 is 2.70 bits per heavy atom. The zero-order chi connectivity index (χ0) is 14.9. The topological polar surface area (TPSA) is 85.1 Å². The Morgan fingerprint density at radius 2 is 2.10 bits per heavy atom. The molecule has 0 radical (unpaired) electrons. The molecule has 2 rings (SSSR count). The SMILES string of the molecule is Cc1cnc(C(C)NS(=O)(=O)c2cc(Br)cnc2Cl)o1. The molecule has 20 heavy (non-hydrogen) atoms. The number of nitrogens with zero attached hydrogens (tertiary/aromatic N) is 2. The van der Waals surface area contributed by atoms with E-state index in [1.54, 1.807) is 13.8 Å². The first-order valence-electron chi connectivity index (χ1n) is 5.55. The number of rotatable bonds is 4. The molecule has 0 aliphatic rings.